The molecule has 2 aromatic carbocycles. The van der Waals surface area contributed by atoms with E-state index in [-0.39, 0.29) is 23.8 Å². The number of phenols is 1. The summed E-state index contributed by atoms with van der Waals surface area (Å²) in [5.74, 6) is 0.241. The SMILES string of the molecule is Cn1c(=O)n(C2CCC(=O)NC2=O)c2cccc(CCCN3CCC(Cn4cc(-c5cc(-c6ccccc6O)nnc5N)cn4)CC3)c21. The fourth-order valence-corrected chi connectivity index (χ4v) is 7.16. The van der Waals surface area contributed by atoms with Gasteiger partial charge in [0, 0.05) is 42.9 Å². The van der Waals surface area contributed by atoms with Gasteiger partial charge in [0.25, 0.3) is 0 Å². The Morgan fingerprint density at radius 1 is 1.00 bits per heavy atom. The lowest BCUT2D eigenvalue weighted by molar-refractivity contribution is -0.135. The Labute approximate surface area is 277 Å². The summed E-state index contributed by atoms with van der Waals surface area (Å²) in [7, 11) is 1.75. The zero-order valence-electron chi connectivity index (χ0n) is 26.9. The minimum absolute atomic E-state index is 0.135. The molecule has 2 saturated heterocycles. The molecule has 4 N–H and O–H groups in total. The van der Waals surface area contributed by atoms with E-state index in [0.717, 1.165) is 79.6 Å². The first-order valence-corrected chi connectivity index (χ1v) is 16.5. The zero-order valence-corrected chi connectivity index (χ0v) is 26.9. The number of nitrogen functional groups attached to an aromatic ring is 1. The number of likely N-dealkylation sites (tertiary alicyclic amines) is 1. The summed E-state index contributed by atoms with van der Waals surface area (Å²) in [6.07, 6.45) is 8.26. The van der Waals surface area contributed by atoms with Crippen LogP contribution in [-0.2, 0) is 29.6 Å². The number of imide groups is 1. The Morgan fingerprint density at radius 3 is 2.60 bits per heavy atom. The molecule has 0 saturated carbocycles. The van der Waals surface area contributed by atoms with Gasteiger partial charge in [0.2, 0.25) is 11.8 Å². The Morgan fingerprint density at radius 2 is 1.81 bits per heavy atom. The number of nitrogens with zero attached hydrogens (tertiary/aromatic N) is 7. The minimum Gasteiger partial charge on any atom is -0.507 e. The van der Waals surface area contributed by atoms with E-state index in [9.17, 15) is 19.5 Å². The number of carbonyl (C=O) groups is 2. The number of anilines is 1. The third kappa shape index (κ3) is 6.08. The molecular weight excluding hydrogens is 610 g/mol. The maximum atomic E-state index is 13.2. The van der Waals surface area contributed by atoms with Crippen molar-refractivity contribution in [3.05, 3.63) is 77.0 Å². The number of benzene rings is 2. The summed E-state index contributed by atoms with van der Waals surface area (Å²) in [5, 5.41) is 25.6. The van der Waals surface area contributed by atoms with Crippen molar-refractivity contribution in [3.8, 4) is 28.1 Å². The van der Waals surface area contributed by atoms with Gasteiger partial charge in [0.15, 0.2) is 5.82 Å². The molecule has 2 aliphatic rings. The van der Waals surface area contributed by atoms with Gasteiger partial charge < -0.3 is 15.7 Å². The Balaban J connectivity index is 0.942. The van der Waals surface area contributed by atoms with Crippen LogP contribution in [0.5, 0.6) is 5.75 Å². The van der Waals surface area contributed by atoms with E-state index in [1.807, 2.05) is 35.1 Å². The number of nitrogens with one attached hydrogen (secondary N) is 1. The number of amides is 2. The van der Waals surface area contributed by atoms with Gasteiger partial charge in [-0.25, -0.2) is 4.79 Å². The molecule has 13 nitrogen and oxygen atoms in total. The van der Waals surface area contributed by atoms with Gasteiger partial charge in [0.05, 0.1) is 22.9 Å². The average molecular weight is 650 g/mol. The molecule has 5 aromatic rings. The molecule has 0 aliphatic carbocycles. The zero-order chi connectivity index (χ0) is 33.4. The van der Waals surface area contributed by atoms with Gasteiger partial charge in [0.1, 0.15) is 11.8 Å². The first-order chi connectivity index (χ1) is 23.3. The van der Waals surface area contributed by atoms with E-state index < -0.39 is 11.9 Å². The summed E-state index contributed by atoms with van der Waals surface area (Å²) >= 11 is 0. The standard InChI is InChI=1S/C35H39N9O4/c1-41-32-23(6-4-9-28(32)44(35(41)48)29-11-12-31(46)38-34(29)47)7-5-15-42-16-13-22(14-17-42)20-43-21-24(19-37-43)26-18-27(39-40-33(26)36)25-8-2-3-10-30(25)45/h2-4,6,8-10,18-19,21-22,29,45H,5,7,11-17,20H2,1H3,(H2,36,40)(H,38,46,47). The number of para-hydroxylation sites is 2. The molecule has 48 heavy (non-hydrogen) atoms. The summed E-state index contributed by atoms with van der Waals surface area (Å²) in [6.45, 7) is 3.81. The van der Waals surface area contributed by atoms with Crippen LogP contribution in [0, 0.1) is 5.92 Å². The predicted octanol–water partition coefficient (Wildman–Crippen LogP) is 3.27. The summed E-state index contributed by atoms with van der Waals surface area (Å²) in [6, 6.07) is 14.1. The quantitative estimate of drug-likeness (QED) is 0.203. The van der Waals surface area contributed by atoms with Crippen molar-refractivity contribution < 1.29 is 14.7 Å². The van der Waals surface area contributed by atoms with Crippen LogP contribution in [0.4, 0.5) is 5.82 Å². The van der Waals surface area contributed by atoms with Crippen molar-refractivity contribution in [3.63, 3.8) is 0 Å². The van der Waals surface area contributed by atoms with Gasteiger partial charge in [-0.05, 0) is 87.5 Å². The maximum Gasteiger partial charge on any atom is 0.329 e. The number of aromatic hydroxyl groups is 1. The normalized spacial score (nSPS) is 17.6. The van der Waals surface area contributed by atoms with E-state index >= 15 is 0 Å². The second-order valence-electron chi connectivity index (χ2n) is 12.8. The molecule has 1 atom stereocenters. The van der Waals surface area contributed by atoms with Crippen molar-refractivity contribution in [1.29, 1.82) is 0 Å². The van der Waals surface area contributed by atoms with Crippen molar-refractivity contribution in [1.82, 2.24) is 39.3 Å². The molecule has 2 fully saturated rings. The third-order valence-electron chi connectivity index (χ3n) is 9.73. The Bertz CT molecular complexity index is 2050. The Hall–Kier alpha value is -5.30. The molecule has 0 spiro atoms. The molecule has 0 radical (unpaired) electrons. The maximum absolute atomic E-state index is 13.2. The van der Waals surface area contributed by atoms with Crippen molar-refractivity contribution >= 4 is 28.7 Å². The van der Waals surface area contributed by atoms with Gasteiger partial charge in [-0.15, -0.1) is 10.2 Å². The monoisotopic (exact) mass is 649 g/mol. The van der Waals surface area contributed by atoms with Crippen LogP contribution in [0.3, 0.4) is 0 Å². The first kappa shape index (κ1) is 31.3. The van der Waals surface area contributed by atoms with E-state index in [0.29, 0.717) is 29.4 Å². The van der Waals surface area contributed by atoms with Crippen LogP contribution in [0.1, 0.15) is 43.7 Å². The summed E-state index contributed by atoms with van der Waals surface area (Å²) in [4.78, 5) is 40.0. The highest BCUT2D eigenvalue weighted by molar-refractivity contribution is 6.00. The number of aryl methyl sites for hydroxylation is 2. The van der Waals surface area contributed by atoms with Gasteiger partial charge in [-0.2, -0.15) is 5.10 Å². The van der Waals surface area contributed by atoms with E-state index in [1.165, 1.54) is 0 Å². The molecule has 248 valence electrons. The predicted molar refractivity (Wildman–Crippen MR) is 181 cm³/mol. The number of hydrogen-bond donors (Lipinski definition) is 3. The molecule has 2 amide bonds. The van der Waals surface area contributed by atoms with Gasteiger partial charge in [-0.3, -0.25) is 28.7 Å². The summed E-state index contributed by atoms with van der Waals surface area (Å²) in [5.41, 5.74) is 11.3. The van der Waals surface area contributed by atoms with E-state index in [1.54, 1.807) is 40.6 Å². The van der Waals surface area contributed by atoms with Crippen LogP contribution >= 0.6 is 0 Å². The van der Waals surface area contributed by atoms with Crippen molar-refractivity contribution in [2.45, 2.75) is 51.1 Å². The van der Waals surface area contributed by atoms with Crippen LogP contribution in [-0.4, -0.2) is 70.6 Å². The van der Waals surface area contributed by atoms with Crippen LogP contribution in [0.2, 0.25) is 0 Å². The number of hydrogen-bond acceptors (Lipinski definition) is 9. The molecule has 5 heterocycles. The largest absolute Gasteiger partial charge is 0.507 e. The number of imidazole rings is 1. The second-order valence-corrected chi connectivity index (χ2v) is 12.8. The Kier molecular flexibility index (Phi) is 8.52. The molecule has 2 aliphatic heterocycles. The van der Waals surface area contributed by atoms with Crippen molar-refractivity contribution in [2.24, 2.45) is 13.0 Å². The lowest BCUT2D eigenvalue weighted by Gasteiger charge is -2.31. The number of aromatic nitrogens is 6. The molecule has 1 unspecified atom stereocenters. The number of carbonyl (C=O) groups excluding carboxylic acids is 2. The molecule has 7 rings (SSSR count). The number of nitrogens with two attached hydrogens (primary N) is 1. The van der Waals surface area contributed by atoms with E-state index in [4.69, 9.17) is 5.73 Å². The lowest BCUT2D eigenvalue weighted by atomic mass is 9.96. The van der Waals surface area contributed by atoms with Gasteiger partial charge >= 0.3 is 5.69 Å². The van der Waals surface area contributed by atoms with Crippen LogP contribution in [0.15, 0.2) is 65.7 Å². The first-order valence-electron chi connectivity index (χ1n) is 16.5. The molecule has 13 heteroatoms. The fourth-order valence-electron chi connectivity index (χ4n) is 7.16. The topological polar surface area (TPSA) is 166 Å². The average Bonchev–Trinajstić information content (AvgIpc) is 3.64. The molecular formula is C35H39N9O4. The van der Waals surface area contributed by atoms with E-state index in [2.05, 4.69) is 31.6 Å². The smallest absolute Gasteiger partial charge is 0.329 e. The fraction of sp³-hybridized carbons (Fsp3) is 0.371. The molecule has 3 aromatic heterocycles. The highest BCUT2D eigenvalue weighted by Gasteiger charge is 2.31. The second kappa shape index (κ2) is 13.1. The summed E-state index contributed by atoms with van der Waals surface area (Å²) < 4.78 is 5.15. The number of rotatable bonds is 9. The van der Waals surface area contributed by atoms with Gasteiger partial charge in [-0.1, -0.05) is 24.3 Å². The highest BCUT2D eigenvalue weighted by Crippen LogP contribution is 2.32. The minimum atomic E-state index is -0.683. The lowest BCUT2D eigenvalue weighted by Crippen LogP contribution is -2.44. The highest BCUT2D eigenvalue weighted by atomic mass is 16.3. The van der Waals surface area contributed by atoms with Crippen LogP contribution < -0.4 is 16.7 Å². The number of fused-ring (bicyclic) bond motifs is 1. The van der Waals surface area contributed by atoms with Crippen LogP contribution in [0.25, 0.3) is 33.4 Å². The van der Waals surface area contributed by atoms with Crippen molar-refractivity contribution in [2.75, 3.05) is 25.4 Å². The molecule has 0 bridgehead atoms. The number of piperidine rings is 2. The third-order valence-corrected chi connectivity index (χ3v) is 9.73. The number of phenolic OH excluding ortho intramolecular Hbond substituents is 1.